The number of phenolic OH excluding ortho intramolecular Hbond substituents is 1. The lowest BCUT2D eigenvalue weighted by atomic mass is 9.76. The van der Waals surface area contributed by atoms with Gasteiger partial charge >= 0.3 is 5.97 Å². The molecule has 0 saturated heterocycles. The first-order chi connectivity index (χ1) is 12.3. The fourth-order valence-corrected chi connectivity index (χ4v) is 3.12. The average molecular weight is 372 g/mol. The fourth-order valence-electron chi connectivity index (χ4n) is 3.12. The number of hydrogen-bond acceptors (Lipinski definition) is 4. The zero-order valence-corrected chi connectivity index (χ0v) is 18.2. The summed E-state index contributed by atoms with van der Waals surface area (Å²) in [6, 6.07) is 5.84. The maximum absolute atomic E-state index is 12.4. The molecular formula is C23H33NO3. The van der Waals surface area contributed by atoms with E-state index >= 15 is 0 Å². The number of phenols is 1. The fraction of sp³-hybridized carbons (Fsp3) is 0.565. The summed E-state index contributed by atoms with van der Waals surface area (Å²) in [5, 5.41) is 20.6. The number of allylic oxidation sites excluding steroid dienone is 1. The molecule has 4 heteroatoms. The smallest absolute Gasteiger partial charge is 0.349 e. The van der Waals surface area contributed by atoms with E-state index in [1.165, 1.54) is 0 Å². The van der Waals surface area contributed by atoms with Crippen molar-refractivity contribution in [1.82, 2.24) is 0 Å². The highest BCUT2D eigenvalue weighted by atomic mass is 16.5. The molecule has 0 aliphatic heterocycles. The van der Waals surface area contributed by atoms with E-state index in [9.17, 15) is 15.2 Å². The molecule has 0 unspecified atom stereocenters. The Kier molecular flexibility index (Phi) is 6.88. The molecule has 0 aliphatic rings. The van der Waals surface area contributed by atoms with Crippen molar-refractivity contribution in [3.63, 3.8) is 0 Å². The molecule has 0 aliphatic carbocycles. The summed E-state index contributed by atoms with van der Waals surface area (Å²) in [6.45, 7) is 18.0. The average Bonchev–Trinajstić information content (AvgIpc) is 2.50. The van der Waals surface area contributed by atoms with Gasteiger partial charge in [0.1, 0.15) is 17.4 Å². The number of ether oxygens (including phenoxy) is 1. The zero-order chi connectivity index (χ0) is 21.2. The van der Waals surface area contributed by atoms with Gasteiger partial charge in [0, 0.05) is 11.1 Å². The molecular weight excluding hydrogens is 338 g/mol. The minimum atomic E-state index is -0.605. The molecule has 1 aromatic carbocycles. The first-order valence-electron chi connectivity index (χ1n) is 9.45. The van der Waals surface area contributed by atoms with E-state index in [1.807, 2.05) is 73.6 Å². The van der Waals surface area contributed by atoms with Crippen molar-refractivity contribution >= 4 is 11.5 Å². The maximum atomic E-state index is 12.4. The van der Waals surface area contributed by atoms with Crippen LogP contribution in [0.15, 0.2) is 17.7 Å². The van der Waals surface area contributed by atoms with Crippen molar-refractivity contribution in [3.8, 4) is 11.8 Å². The van der Waals surface area contributed by atoms with Crippen molar-refractivity contribution in [2.75, 3.05) is 6.61 Å². The number of aromatic hydroxyl groups is 1. The summed E-state index contributed by atoms with van der Waals surface area (Å²) in [4.78, 5) is 12.4. The summed E-state index contributed by atoms with van der Waals surface area (Å²) in [5.74, 6) is -0.392. The van der Waals surface area contributed by atoms with Gasteiger partial charge in [-0.1, -0.05) is 55.4 Å². The number of carbonyl (C=O) groups is 1. The summed E-state index contributed by atoms with van der Waals surface area (Å²) >= 11 is 0. The number of hydrogen-bond donors (Lipinski definition) is 1. The van der Waals surface area contributed by atoms with Crippen LogP contribution in [0.4, 0.5) is 0 Å². The highest BCUT2D eigenvalue weighted by molar-refractivity contribution is 6.02. The number of esters is 1. The second-order valence-corrected chi connectivity index (χ2v) is 9.20. The lowest BCUT2D eigenvalue weighted by Crippen LogP contribution is -2.19. The van der Waals surface area contributed by atoms with Gasteiger partial charge in [0.25, 0.3) is 0 Å². The van der Waals surface area contributed by atoms with Crippen LogP contribution in [0.1, 0.15) is 79.0 Å². The summed E-state index contributed by atoms with van der Waals surface area (Å²) in [7, 11) is 0. The van der Waals surface area contributed by atoms with Crippen LogP contribution in [0, 0.1) is 17.2 Å². The third-order valence-corrected chi connectivity index (χ3v) is 4.47. The third-order valence-electron chi connectivity index (χ3n) is 4.47. The van der Waals surface area contributed by atoms with E-state index in [-0.39, 0.29) is 34.7 Å². The van der Waals surface area contributed by atoms with Crippen molar-refractivity contribution < 1.29 is 14.6 Å². The quantitative estimate of drug-likeness (QED) is 0.432. The standard InChI is InChI=1S/C23H33NO3/c1-10-27-21(26)16(13-24)19(14(2)3)15-11-17(22(4,5)6)20(25)18(12-15)23(7,8)9/h11-12,14,25H,10H2,1-9H3/b19-16+. The number of carbonyl (C=O) groups excluding carboxylic acids is 1. The topological polar surface area (TPSA) is 70.3 Å². The van der Waals surface area contributed by atoms with E-state index in [4.69, 9.17) is 4.74 Å². The Labute approximate surface area is 163 Å². The first-order valence-corrected chi connectivity index (χ1v) is 9.45. The number of nitriles is 1. The van der Waals surface area contributed by atoms with Gasteiger partial charge in [0.2, 0.25) is 0 Å². The lowest BCUT2D eigenvalue weighted by molar-refractivity contribution is -0.137. The molecule has 27 heavy (non-hydrogen) atoms. The highest BCUT2D eigenvalue weighted by Crippen LogP contribution is 2.42. The Morgan fingerprint density at radius 1 is 1.11 bits per heavy atom. The highest BCUT2D eigenvalue weighted by Gasteiger charge is 2.29. The SMILES string of the molecule is CCOC(=O)/C(C#N)=C(/c1cc(C(C)(C)C)c(O)c(C(C)(C)C)c1)C(C)C. The molecule has 4 nitrogen and oxygen atoms in total. The lowest BCUT2D eigenvalue weighted by Gasteiger charge is -2.29. The summed E-state index contributed by atoms with van der Waals surface area (Å²) < 4.78 is 5.10. The van der Waals surface area contributed by atoms with Crippen LogP contribution in [-0.2, 0) is 20.4 Å². The van der Waals surface area contributed by atoms with Gasteiger partial charge in [-0.25, -0.2) is 4.79 Å². The zero-order valence-electron chi connectivity index (χ0n) is 18.2. The van der Waals surface area contributed by atoms with Gasteiger partial charge in [-0.15, -0.1) is 0 Å². The predicted molar refractivity (Wildman–Crippen MR) is 110 cm³/mol. The number of benzene rings is 1. The van der Waals surface area contributed by atoms with Gasteiger partial charge in [0.15, 0.2) is 0 Å². The van der Waals surface area contributed by atoms with Crippen molar-refractivity contribution in [2.24, 2.45) is 5.92 Å². The largest absolute Gasteiger partial charge is 0.507 e. The molecule has 1 N–H and O–H groups in total. The van der Waals surface area contributed by atoms with Crippen LogP contribution in [0.3, 0.4) is 0 Å². The molecule has 0 spiro atoms. The van der Waals surface area contributed by atoms with E-state index < -0.39 is 5.97 Å². The minimum absolute atomic E-state index is 0.0252. The third kappa shape index (κ3) is 5.13. The molecule has 1 rings (SSSR count). The van der Waals surface area contributed by atoms with E-state index in [0.717, 1.165) is 16.7 Å². The van der Waals surface area contributed by atoms with Crippen molar-refractivity contribution in [2.45, 2.75) is 73.1 Å². The molecule has 0 aromatic heterocycles. The van der Waals surface area contributed by atoms with Gasteiger partial charge in [-0.05, 0) is 46.9 Å². The van der Waals surface area contributed by atoms with Gasteiger partial charge in [-0.2, -0.15) is 5.26 Å². The van der Waals surface area contributed by atoms with Crippen molar-refractivity contribution in [1.29, 1.82) is 5.26 Å². The predicted octanol–water partition coefficient (Wildman–Crippen LogP) is 5.48. The Hall–Kier alpha value is -2.28. The number of rotatable bonds is 4. The molecule has 0 heterocycles. The van der Waals surface area contributed by atoms with Crippen LogP contribution in [0.2, 0.25) is 0 Å². The second kappa shape index (κ2) is 8.17. The summed E-state index contributed by atoms with van der Waals surface area (Å²) in [6.07, 6.45) is 0. The Balaban J connectivity index is 3.96. The number of nitrogens with zero attached hydrogens (tertiary/aromatic N) is 1. The minimum Gasteiger partial charge on any atom is -0.507 e. The maximum Gasteiger partial charge on any atom is 0.349 e. The molecule has 0 atom stereocenters. The molecule has 0 saturated carbocycles. The van der Waals surface area contributed by atoms with Crippen LogP contribution in [0.5, 0.6) is 5.75 Å². The Morgan fingerprint density at radius 2 is 1.56 bits per heavy atom. The van der Waals surface area contributed by atoms with Gasteiger partial charge in [0.05, 0.1) is 6.61 Å². The first kappa shape index (κ1) is 22.8. The Morgan fingerprint density at radius 3 is 1.85 bits per heavy atom. The van der Waals surface area contributed by atoms with Crippen molar-refractivity contribution in [3.05, 3.63) is 34.4 Å². The second-order valence-electron chi connectivity index (χ2n) is 9.20. The van der Waals surface area contributed by atoms with Gasteiger partial charge in [-0.3, -0.25) is 0 Å². The van der Waals surface area contributed by atoms with E-state index in [1.54, 1.807) is 6.92 Å². The Bertz CT molecular complexity index is 746. The van der Waals surface area contributed by atoms with Crippen LogP contribution >= 0.6 is 0 Å². The normalized spacial score (nSPS) is 13.2. The monoisotopic (exact) mass is 371 g/mol. The van der Waals surface area contributed by atoms with Crippen LogP contribution in [0.25, 0.3) is 5.57 Å². The van der Waals surface area contributed by atoms with Crippen LogP contribution < -0.4 is 0 Å². The molecule has 148 valence electrons. The van der Waals surface area contributed by atoms with E-state index in [2.05, 4.69) is 0 Å². The molecule has 0 radical (unpaired) electrons. The van der Waals surface area contributed by atoms with Crippen LogP contribution in [-0.4, -0.2) is 17.7 Å². The summed E-state index contributed by atoms with van der Waals surface area (Å²) in [5.41, 5.74) is 2.46. The molecule has 1 aromatic rings. The van der Waals surface area contributed by atoms with Gasteiger partial charge < -0.3 is 9.84 Å². The molecule has 0 bridgehead atoms. The molecule has 0 fully saturated rings. The molecule has 0 amide bonds. The van der Waals surface area contributed by atoms with E-state index in [0.29, 0.717) is 5.57 Å².